The van der Waals surface area contributed by atoms with E-state index in [1.165, 1.54) is 31.2 Å². The SMILES string of the molecule is CC1CCC(C(NN)c2cccc(Br)c2)CC1. The van der Waals surface area contributed by atoms with Gasteiger partial charge >= 0.3 is 0 Å². The van der Waals surface area contributed by atoms with Gasteiger partial charge in [-0.3, -0.25) is 11.3 Å². The molecule has 0 aromatic heterocycles. The molecule has 1 aromatic rings. The van der Waals surface area contributed by atoms with Gasteiger partial charge in [-0.2, -0.15) is 0 Å². The Morgan fingerprint density at radius 3 is 2.59 bits per heavy atom. The van der Waals surface area contributed by atoms with Gasteiger partial charge in [-0.1, -0.05) is 47.8 Å². The van der Waals surface area contributed by atoms with Gasteiger partial charge in [0.1, 0.15) is 0 Å². The third-order valence-corrected chi connectivity index (χ3v) is 4.41. The van der Waals surface area contributed by atoms with Gasteiger partial charge < -0.3 is 0 Å². The van der Waals surface area contributed by atoms with Crippen molar-refractivity contribution in [1.82, 2.24) is 5.43 Å². The van der Waals surface area contributed by atoms with Crippen molar-refractivity contribution in [1.29, 1.82) is 0 Å². The lowest BCUT2D eigenvalue weighted by molar-refractivity contribution is 0.232. The third kappa shape index (κ3) is 3.30. The molecule has 0 heterocycles. The van der Waals surface area contributed by atoms with Gasteiger partial charge in [0.15, 0.2) is 0 Å². The van der Waals surface area contributed by atoms with Crippen molar-refractivity contribution in [3.8, 4) is 0 Å². The van der Waals surface area contributed by atoms with Gasteiger partial charge in [0, 0.05) is 10.5 Å². The molecule has 94 valence electrons. The lowest BCUT2D eigenvalue weighted by Crippen LogP contribution is -2.35. The second kappa shape index (κ2) is 5.98. The predicted molar refractivity (Wildman–Crippen MR) is 75.3 cm³/mol. The minimum Gasteiger partial charge on any atom is -0.271 e. The number of benzene rings is 1. The van der Waals surface area contributed by atoms with Gasteiger partial charge in [-0.25, -0.2) is 0 Å². The highest BCUT2D eigenvalue weighted by molar-refractivity contribution is 9.10. The topological polar surface area (TPSA) is 38.0 Å². The molecule has 17 heavy (non-hydrogen) atoms. The first-order chi connectivity index (χ1) is 8.20. The molecule has 1 saturated carbocycles. The summed E-state index contributed by atoms with van der Waals surface area (Å²) in [4.78, 5) is 0. The van der Waals surface area contributed by atoms with E-state index in [2.05, 4.69) is 52.5 Å². The zero-order valence-corrected chi connectivity index (χ0v) is 11.9. The summed E-state index contributed by atoms with van der Waals surface area (Å²) < 4.78 is 1.12. The van der Waals surface area contributed by atoms with Crippen LogP contribution in [0.4, 0.5) is 0 Å². The molecule has 0 spiro atoms. The lowest BCUT2D eigenvalue weighted by Gasteiger charge is -2.32. The summed E-state index contributed by atoms with van der Waals surface area (Å²) in [5.74, 6) is 7.31. The van der Waals surface area contributed by atoms with Crippen LogP contribution in [0.15, 0.2) is 28.7 Å². The normalized spacial score (nSPS) is 26.8. The van der Waals surface area contributed by atoms with Gasteiger partial charge in [0.25, 0.3) is 0 Å². The van der Waals surface area contributed by atoms with Crippen molar-refractivity contribution in [2.24, 2.45) is 17.7 Å². The van der Waals surface area contributed by atoms with Gasteiger partial charge in [-0.15, -0.1) is 0 Å². The average molecular weight is 297 g/mol. The molecule has 0 bridgehead atoms. The number of hydrogen-bond donors (Lipinski definition) is 2. The highest BCUT2D eigenvalue weighted by Crippen LogP contribution is 2.36. The minimum atomic E-state index is 0.292. The first-order valence-electron chi connectivity index (χ1n) is 6.42. The Kier molecular flexibility index (Phi) is 4.60. The highest BCUT2D eigenvalue weighted by atomic mass is 79.9. The van der Waals surface area contributed by atoms with Crippen molar-refractivity contribution in [2.45, 2.75) is 38.6 Å². The number of nitrogens with two attached hydrogens (primary N) is 1. The van der Waals surface area contributed by atoms with E-state index in [1.54, 1.807) is 0 Å². The molecule has 0 radical (unpaired) electrons. The third-order valence-electron chi connectivity index (χ3n) is 3.92. The van der Waals surface area contributed by atoms with Crippen molar-refractivity contribution in [2.75, 3.05) is 0 Å². The molecule has 2 rings (SSSR count). The Labute approximate surface area is 112 Å². The summed E-state index contributed by atoms with van der Waals surface area (Å²) >= 11 is 3.52. The van der Waals surface area contributed by atoms with Crippen LogP contribution in [0.3, 0.4) is 0 Å². The molecule has 3 heteroatoms. The smallest absolute Gasteiger partial charge is 0.0488 e. The van der Waals surface area contributed by atoms with Crippen LogP contribution in [0.25, 0.3) is 0 Å². The van der Waals surface area contributed by atoms with Crippen LogP contribution in [0, 0.1) is 11.8 Å². The fourth-order valence-electron chi connectivity index (χ4n) is 2.82. The van der Waals surface area contributed by atoms with E-state index < -0.39 is 0 Å². The van der Waals surface area contributed by atoms with E-state index in [0.717, 1.165) is 10.4 Å². The van der Waals surface area contributed by atoms with Crippen LogP contribution in [0.2, 0.25) is 0 Å². The van der Waals surface area contributed by atoms with Crippen LogP contribution in [-0.2, 0) is 0 Å². The number of hydrazine groups is 1. The largest absolute Gasteiger partial charge is 0.271 e. The molecule has 1 atom stereocenters. The number of rotatable bonds is 3. The van der Waals surface area contributed by atoms with E-state index in [4.69, 9.17) is 5.84 Å². The molecule has 1 fully saturated rings. The minimum absolute atomic E-state index is 0.292. The molecule has 0 amide bonds. The Morgan fingerprint density at radius 1 is 1.29 bits per heavy atom. The maximum absolute atomic E-state index is 5.76. The fourth-order valence-corrected chi connectivity index (χ4v) is 3.24. The summed E-state index contributed by atoms with van der Waals surface area (Å²) in [5.41, 5.74) is 4.30. The van der Waals surface area contributed by atoms with Crippen LogP contribution in [0.1, 0.15) is 44.2 Å². The van der Waals surface area contributed by atoms with E-state index in [1.807, 2.05) is 0 Å². The molecule has 2 nitrogen and oxygen atoms in total. The Morgan fingerprint density at radius 2 is 2.00 bits per heavy atom. The monoisotopic (exact) mass is 296 g/mol. The average Bonchev–Trinajstić information content (AvgIpc) is 2.33. The summed E-state index contributed by atoms with van der Waals surface area (Å²) in [6, 6.07) is 8.76. The fraction of sp³-hybridized carbons (Fsp3) is 0.571. The van der Waals surface area contributed by atoms with Crippen molar-refractivity contribution >= 4 is 15.9 Å². The number of nitrogens with one attached hydrogen (secondary N) is 1. The van der Waals surface area contributed by atoms with Gasteiger partial charge in [0.05, 0.1) is 0 Å². The van der Waals surface area contributed by atoms with Crippen molar-refractivity contribution < 1.29 is 0 Å². The zero-order valence-electron chi connectivity index (χ0n) is 10.3. The van der Waals surface area contributed by atoms with E-state index in [9.17, 15) is 0 Å². The first kappa shape index (κ1) is 13.1. The van der Waals surface area contributed by atoms with Gasteiger partial charge in [-0.05, 0) is 42.4 Å². The van der Waals surface area contributed by atoms with Crippen LogP contribution < -0.4 is 11.3 Å². The van der Waals surface area contributed by atoms with Crippen LogP contribution >= 0.6 is 15.9 Å². The summed E-state index contributed by atoms with van der Waals surface area (Å²) in [5, 5.41) is 0. The van der Waals surface area contributed by atoms with Crippen molar-refractivity contribution in [3.63, 3.8) is 0 Å². The second-order valence-electron chi connectivity index (χ2n) is 5.22. The zero-order chi connectivity index (χ0) is 12.3. The molecule has 1 aliphatic carbocycles. The lowest BCUT2D eigenvalue weighted by atomic mass is 9.77. The highest BCUT2D eigenvalue weighted by Gasteiger charge is 2.26. The molecule has 1 unspecified atom stereocenters. The molecule has 0 saturated heterocycles. The summed E-state index contributed by atoms with van der Waals surface area (Å²) in [6.45, 7) is 2.35. The summed E-state index contributed by atoms with van der Waals surface area (Å²) in [6.07, 6.45) is 5.22. The first-order valence-corrected chi connectivity index (χ1v) is 7.21. The predicted octanol–water partition coefficient (Wildman–Crippen LogP) is 3.78. The standard InChI is InChI=1S/C14H21BrN2/c1-10-5-7-11(8-6-10)14(17-16)12-3-2-4-13(15)9-12/h2-4,9-11,14,17H,5-8,16H2,1H3. The molecule has 1 aromatic carbocycles. The summed E-state index contributed by atoms with van der Waals surface area (Å²) in [7, 11) is 0. The van der Waals surface area contributed by atoms with Crippen molar-refractivity contribution in [3.05, 3.63) is 34.3 Å². The second-order valence-corrected chi connectivity index (χ2v) is 6.13. The van der Waals surface area contributed by atoms with Crippen LogP contribution in [0.5, 0.6) is 0 Å². The Hall–Kier alpha value is -0.380. The molecule has 3 N–H and O–H groups in total. The van der Waals surface area contributed by atoms with E-state index in [-0.39, 0.29) is 0 Å². The van der Waals surface area contributed by atoms with Crippen LogP contribution in [-0.4, -0.2) is 0 Å². The molecular formula is C14H21BrN2. The van der Waals surface area contributed by atoms with E-state index >= 15 is 0 Å². The maximum atomic E-state index is 5.76. The molecular weight excluding hydrogens is 276 g/mol. The Bertz CT molecular complexity index is 359. The quantitative estimate of drug-likeness (QED) is 0.658. The maximum Gasteiger partial charge on any atom is 0.0488 e. The Balaban J connectivity index is 2.10. The molecule has 1 aliphatic rings. The van der Waals surface area contributed by atoms with Gasteiger partial charge in [0.2, 0.25) is 0 Å². The van der Waals surface area contributed by atoms with E-state index in [0.29, 0.717) is 12.0 Å². The number of hydrogen-bond acceptors (Lipinski definition) is 2. The number of halogens is 1. The molecule has 0 aliphatic heterocycles.